The third-order valence-electron chi connectivity index (χ3n) is 5.60. The summed E-state index contributed by atoms with van der Waals surface area (Å²) >= 11 is 0. The summed E-state index contributed by atoms with van der Waals surface area (Å²) in [7, 11) is -3.22. The number of esters is 1. The van der Waals surface area contributed by atoms with Gasteiger partial charge in [0.1, 0.15) is 17.1 Å². The van der Waals surface area contributed by atoms with Gasteiger partial charge in [-0.25, -0.2) is 4.79 Å². The quantitative estimate of drug-likeness (QED) is 0.174. The Balaban J connectivity index is 3.03. The van der Waals surface area contributed by atoms with Crippen LogP contribution in [0.15, 0.2) is 18.2 Å². The zero-order valence-electron chi connectivity index (χ0n) is 22.6. The largest absolute Gasteiger partial charge is 0.543 e. The van der Waals surface area contributed by atoms with Gasteiger partial charge in [0.05, 0.1) is 0 Å². The highest BCUT2D eigenvalue weighted by Crippen LogP contribution is 2.38. The lowest BCUT2D eigenvalue weighted by Crippen LogP contribution is -2.43. The normalized spacial score (nSPS) is 14.1. The van der Waals surface area contributed by atoms with Gasteiger partial charge in [-0.2, -0.15) is 0 Å². The summed E-state index contributed by atoms with van der Waals surface area (Å²) in [6.07, 6.45) is -1.24. The van der Waals surface area contributed by atoms with Crippen molar-refractivity contribution in [2.45, 2.75) is 103 Å². The molecule has 0 saturated heterocycles. The fourth-order valence-corrected chi connectivity index (χ4v) is 4.35. The number of aliphatic hydroxyl groups excluding tert-OH is 1. The van der Waals surface area contributed by atoms with Crippen LogP contribution in [0.3, 0.4) is 0 Å². The summed E-state index contributed by atoms with van der Waals surface area (Å²) in [6.45, 7) is 23.9. The fraction of sp³-hybridized carbons (Fsp3) is 0.720. The second-order valence-electron chi connectivity index (χ2n) is 12.4. The van der Waals surface area contributed by atoms with E-state index in [1.807, 2.05) is 18.2 Å². The molecule has 0 amide bonds. The van der Waals surface area contributed by atoms with Crippen LogP contribution >= 0.6 is 0 Å². The van der Waals surface area contributed by atoms with Gasteiger partial charge in [-0.15, -0.1) is 0 Å². The van der Waals surface area contributed by atoms with Crippen molar-refractivity contribution < 1.29 is 28.5 Å². The molecule has 0 aromatic heterocycles. The zero-order chi connectivity index (χ0) is 25.7. The minimum absolute atomic E-state index is 0.0442. The molecule has 0 saturated carbocycles. The molecular formula is C25H46O6Si2. The molecule has 1 rings (SSSR count). The van der Waals surface area contributed by atoms with E-state index in [9.17, 15) is 9.90 Å². The van der Waals surface area contributed by atoms with E-state index in [-0.39, 0.29) is 18.3 Å². The molecule has 0 aliphatic heterocycles. The van der Waals surface area contributed by atoms with Crippen LogP contribution in [0, 0.1) is 0 Å². The molecule has 0 aliphatic rings. The van der Waals surface area contributed by atoms with Gasteiger partial charge in [0.2, 0.25) is 8.32 Å². The van der Waals surface area contributed by atoms with Crippen molar-refractivity contribution in [3.8, 4) is 11.5 Å². The van der Waals surface area contributed by atoms with Crippen LogP contribution in [-0.4, -0.2) is 52.6 Å². The third kappa shape index (κ3) is 11.1. The van der Waals surface area contributed by atoms with Crippen molar-refractivity contribution in [1.29, 1.82) is 0 Å². The molecule has 1 atom stereocenters. The van der Waals surface area contributed by atoms with Gasteiger partial charge in [0.15, 0.2) is 12.9 Å². The fourth-order valence-electron chi connectivity index (χ4n) is 2.57. The monoisotopic (exact) mass is 498 g/mol. The second kappa shape index (κ2) is 11.4. The Bertz CT molecular complexity index is 773. The Hall–Kier alpha value is -1.36. The number of hydrogen-bond acceptors (Lipinski definition) is 6. The van der Waals surface area contributed by atoms with Crippen molar-refractivity contribution in [3.63, 3.8) is 0 Å². The molecule has 0 aliphatic carbocycles. The van der Waals surface area contributed by atoms with Crippen LogP contribution in [0.2, 0.25) is 43.8 Å². The number of aliphatic hydroxyl groups is 1. The van der Waals surface area contributed by atoms with Crippen molar-refractivity contribution in [2.24, 2.45) is 0 Å². The number of rotatable bonds is 11. The summed E-state index contributed by atoms with van der Waals surface area (Å²) in [5.74, 6) is 0.615. The molecule has 1 aromatic carbocycles. The smallest absolute Gasteiger partial charge is 0.335 e. The number of ether oxygens (including phenoxy) is 3. The second-order valence-corrected chi connectivity index (χ2v) is 22.7. The lowest BCUT2D eigenvalue weighted by atomic mass is 10.1. The van der Waals surface area contributed by atoms with Gasteiger partial charge in [-0.05, 0) is 63.1 Å². The molecule has 0 fully saturated rings. The average Bonchev–Trinajstić information content (AvgIpc) is 2.59. The maximum atomic E-state index is 12.4. The Labute approximate surface area is 203 Å². The van der Waals surface area contributed by atoms with Crippen LogP contribution in [0.1, 0.15) is 47.1 Å². The van der Waals surface area contributed by atoms with Crippen molar-refractivity contribution in [2.75, 3.05) is 13.4 Å². The molecule has 1 aromatic rings. The maximum absolute atomic E-state index is 12.4. The molecule has 0 spiro atoms. The van der Waals surface area contributed by atoms with Gasteiger partial charge >= 0.3 is 5.97 Å². The minimum atomic E-state index is -2.05. The first-order valence-corrected chi connectivity index (χ1v) is 18.4. The lowest BCUT2D eigenvalue weighted by Gasteiger charge is -2.36. The van der Waals surface area contributed by atoms with E-state index >= 15 is 0 Å². The number of benzene rings is 1. The van der Waals surface area contributed by atoms with E-state index in [0.717, 1.165) is 6.04 Å². The van der Waals surface area contributed by atoms with Crippen LogP contribution in [0.4, 0.5) is 0 Å². The Morgan fingerprint density at radius 1 is 1.03 bits per heavy atom. The summed E-state index contributed by atoms with van der Waals surface area (Å²) < 4.78 is 23.3. The molecule has 1 N–H and O–H groups in total. The van der Waals surface area contributed by atoms with Crippen LogP contribution in [0.5, 0.6) is 11.5 Å². The molecule has 0 unspecified atom stereocenters. The summed E-state index contributed by atoms with van der Waals surface area (Å²) in [6, 6.07) is 6.61. The average molecular weight is 499 g/mol. The van der Waals surface area contributed by atoms with Gasteiger partial charge in [0.25, 0.3) is 0 Å². The van der Waals surface area contributed by atoms with Gasteiger partial charge in [-0.3, -0.25) is 0 Å². The highest BCUT2D eigenvalue weighted by molar-refractivity contribution is 6.76. The van der Waals surface area contributed by atoms with E-state index in [0.29, 0.717) is 23.7 Å². The number of carbonyl (C=O) groups excluding carboxylic acids is 1. The van der Waals surface area contributed by atoms with Crippen LogP contribution in [-0.2, 0) is 20.7 Å². The molecule has 33 heavy (non-hydrogen) atoms. The van der Waals surface area contributed by atoms with E-state index in [4.69, 9.17) is 18.6 Å². The van der Waals surface area contributed by atoms with Crippen molar-refractivity contribution >= 4 is 22.4 Å². The Morgan fingerprint density at radius 2 is 1.64 bits per heavy atom. The van der Waals surface area contributed by atoms with Gasteiger partial charge in [-0.1, -0.05) is 40.4 Å². The molecule has 0 bridgehead atoms. The van der Waals surface area contributed by atoms with E-state index in [2.05, 4.69) is 53.5 Å². The van der Waals surface area contributed by atoms with Gasteiger partial charge in [0, 0.05) is 26.7 Å². The number of hydrogen-bond donors (Lipinski definition) is 1. The predicted octanol–water partition coefficient (Wildman–Crippen LogP) is 6.01. The Kier molecular flexibility index (Phi) is 10.2. The molecule has 0 radical (unpaired) electrons. The Morgan fingerprint density at radius 3 is 2.15 bits per heavy atom. The third-order valence-corrected chi connectivity index (χ3v) is 11.7. The predicted molar refractivity (Wildman–Crippen MR) is 139 cm³/mol. The topological polar surface area (TPSA) is 74.2 Å². The molecule has 6 nitrogen and oxygen atoms in total. The first-order valence-electron chi connectivity index (χ1n) is 11.7. The first-order chi connectivity index (χ1) is 14.8. The molecule has 190 valence electrons. The molecule has 8 heteroatoms. The van der Waals surface area contributed by atoms with Crippen LogP contribution < -0.4 is 9.16 Å². The van der Waals surface area contributed by atoms with Crippen molar-refractivity contribution in [1.82, 2.24) is 0 Å². The van der Waals surface area contributed by atoms with Gasteiger partial charge < -0.3 is 23.7 Å². The number of carbonyl (C=O) groups is 1. The summed E-state index contributed by atoms with van der Waals surface area (Å²) in [4.78, 5) is 12.4. The SMILES string of the molecule is CC(C)(C)OC(=O)[C@H](O)Cc1cc(O[Si](C)(C)C(C)(C)C)ccc1OCOCC[Si](C)(C)C. The lowest BCUT2D eigenvalue weighted by molar-refractivity contribution is -0.164. The van der Waals surface area contributed by atoms with E-state index in [1.54, 1.807) is 20.8 Å². The highest BCUT2D eigenvalue weighted by Gasteiger charge is 2.39. The first kappa shape index (κ1) is 29.7. The zero-order valence-corrected chi connectivity index (χ0v) is 24.6. The highest BCUT2D eigenvalue weighted by atomic mass is 28.4. The summed E-state index contributed by atoms with van der Waals surface area (Å²) in [5, 5.41) is 10.6. The van der Waals surface area contributed by atoms with Crippen molar-refractivity contribution in [3.05, 3.63) is 23.8 Å². The molecule has 0 heterocycles. The standard InChI is InChI=1S/C25H46O6Si2/c1-24(2,3)30-23(27)21(26)17-19-16-20(31-33(10,11)25(4,5)6)12-13-22(19)29-18-28-14-15-32(7,8)9/h12-13,16,21,26H,14-15,17-18H2,1-11H3/t21-/m1/s1. The summed E-state index contributed by atoms with van der Waals surface area (Å²) in [5.41, 5.74) is 0.00731. The van der Waals surface area contributed by atoms with E-state index < -0.39 is 34.1 Å². The van der Waals surface area contributed by atoms with Crippen LogP contribution in [0.25, 0.3) is 0 Å². The van der Waals surface area contributed by atoms with E-state index in [1.165, 1.54) is 0 Å². The maximum Gasteiger partial charge on any atom is 0.335 e. The molecular weight excluding hydrogens is 452 g/mol. The minimum Gasteiger partial charge on any atom is -0.543 e.